The fraction of sp³-hybridized carbons (Fsp3) is 0.368. The number of hydrogen-bond acceptors (Lipinski definition) is 6. The van der Waals surface area contributed by atoms with Crippen molar-refractivity contribution in [2.75, 3.05) is 23.3 Å². The molecule has 2 aromatic heterocycles. The molecule has 146 valence electrons. The molecule has 1 fully saturated rings. The lowest BCUT2D eigenvalue weighted by atomic mass is 10.0. The van der Waals surface area contributed by atoms with Crippen LogP contribution in [0.25, 0.3) is 4.96 Å². The van der Waals surface area contributed by atoms with Crippen LogP contribution < -0.4 is 15.8 Å². The van der Waals surface area contributed by atoms with Gasteiger partial charge < -0.3 is 10.2 Å². The van der Waals surface area contributed by atoms with E-state index in [0.717, 1.165) is 30.2 Å². The molecule has 1 unspecified atom stereocenters. The first kappa shape index (κ1) is 18.9. The lowest BCUT2D eigenvalue weighted by molar-refractivity contribution is 0.102. The van der Waals surface area contributed by atoms with Crippen LogP contribution in [0.2, 0.25) is 5.02 Å². The summed E-state index contributed by atoms with van der Waals surface area (Å²) in [6.07, 6.45) is 3.62. The SMILES string of the molecule is Cc1c(Cl)cccc1NC(=O)c1cnc2sc(N3CCCC(C)C3)nn2c1=O. The first-order chi connectivity index (χ1) is 13.4. The molecule has 0 spiro atoms. The van der Waals surface area contributed by atoms with Crippen LogP contribution in [-0.2, 0) is 0 Å². The van der Waals surface area contributed by atoms with Gasteiger partial charge in [0.1, 0.15) is 5.56 Å². The van der Waals surface area contributed by atoms with Crippen LogP contribution in [0.3, 0.4) is 0 Å². The Kier molecular flexibility index (Phi) is 5.07. The highest BCUT2D eigenvalue weighted by Gasteiger charge is 2.22. The number of nitrogens with one attached hydrogen (secondary N) is 1. The number of hydrogen-bond donors (Lipinski definition) is 1. The molecule has 1 aliphatic rings. The fourth-order valence-electron chi connectivity index (χ4n) is 3.36. The van der Waals surface area contributed by atoms with Crippen molar-refractivity contribution in [1.82, 2.24) is 14.6 Å². The third kappa shape index (κ3) is 3.49. The third-order valence-corrected chi connectivity index (χ3v) is 6.36. The Morgan fingerprint density at radius 3 is 3.00 bits per heavy atom. The number of amides is 1. The number of nitrogens with zero attached hydrogens (tertiary/aromatic N) is 4. The molecule has 7 nitrogen and oxygen atoms in total. The fourth-order valence-corrected chi connectivity index (χ4v) is 4.43. The van der Waals surface area contributed by atoms with Crippen LogP contribution in [0.4, 0.5) is 10.8 Å². The van der Waals surface area contributed by atoms with Crippen molar-refractivity contribution >= 4 is 44.6 Å². The molecule has 28 heavy (non-hydrogen) atoms. The van der Waals surface area contributed by atoms with Crippen LogP contribution in [0.15, 0.2) is 29.2 Å². The molecular weight excluding hydrogens is 398 g/mol. The number of halogens is 1. The zero-order chi connectivity index (χ0) is 19.8. The van der Waals surface area contributed by atoms with Gasteiger partial charge in [-0.05, 0) is 43.4 Å². The summed E-state index contributed by atoms with van der Waals surface area (Å²) in [6, 6.07) is 5.22. The average Bonchev–Trinajstić information content (AvgIpc) is 3.11. The number of aromatic nitrogens is 3. The van der Waals surface area contributed by atoms with E-state index in [9.17, 15) is 9.59 Å². The first-order valence-corrected chi connectivity index (χ1v) is 10.3. The maximum atomic E-state index is 12.8. The van der Waals surface area contributed by atoms with E-state index >= 15 is 0 Å². The average molecular weight is 418 g/mol. The van der Waals surface area contributed by atoms with Crippen molar-refractivity contribution in [1.29, 1.82) is 0 Å². The van der Waals surface area contributed by atoms with Crippen LogP contribution in [0, 0.1) is 12.8 Å². The minimum Gasteiger partial charge on any atom is -0.346 e. The van der Waals surface area contributed by atoms with Gasteiger partial charge in [-0.2, -0.15) is 4.52 Å². The summed E-state index contributed by atoms with van der Waals surface area (Å²) in [5.74, 6) is 0.0612. The monoisotopic (exact) mass is 417 g/mol. The zero-order valence-corrected chi connectivity index (χ0v) is 17.2. The molecule has 0 bridgehead atoms. The minimum atomic E-state index is -0.529. The van der Waals surface area contributed by atoms with Crippen molar-refractivity contribution < 1.29 is 4.79 Å². The molecule has 1 aromatic carbocycles. The molecule has 0 aliphatic carbocycles. The van der Waals surface area contributed by atoms with Gasteiger partial charge >= 0.3 is 0 Å². The second kappa shape index (κ2) is 7.52. The molecule has 1 N–H and O–H groups in total. The van der Waals surface area contributed by atoms with Gasteiger partial charge in [-0.25, -0.2) is 4.98 Å². The highest BCUT2D eigenvalue weighted by atomic mass is 35.5. The largest absolute Gasteiger partial charge is 0.346 e. The summed E-state index contributed by atoms with van der Waals surface area (Å²) in [7, 11) is 0. The van der Waals surface area contributed by atoms with E-state index < -0.39 is 11.5 Å². The highest BCUT2D eigenvalue weighted by molar-refractivity contribution is 7.20. The van der Waals surface area contributed by atoms with Gasteiger partial charge in [-0.3, -0.25) is 9.59 Å². The minimum absolute atomic E-state index is 0.0549. The Balaban J connectivity index is 1.65. The maximum absolute atomic E-state index is 12.8. The number of rotatable bonds is 3. The Morgan fingerprint density at radius 1 is 1.39 bits per heavy atom. The van der Waals surface area contributed by atoms with E-state index in [2.05, 4.69) is 27.2 Å². The van der Waals surface area contributed by atoms with Crippen LogP contribution in [-0.4, -0.2) is 33.6 Å². The van der Waals surface area contributed by atoms with E-state index in [1.807, 2.05) is 0 Å². The molecule has 1 amide bonds. The lowest BCUT2D eigenvalue weighted by Gasteiger charge is -2.30. The second-order valence-corrected chi connectivity index (χ2v) is 8.46. The van der Waals surface area contributed by atoms with E-state index in [-0.39, 0.29) is 5.56 Å². The number of carbonyl (C=O) groups excluding carboxylic acids is 1. The molecule has 4 rings (SSSR count). The summed E-state index contributed by atoms with van der Waals surface area (Å²) in [5.41, 5.74) is 0.764. The smallest absolute Gasteiger partial charge is 0.288 e. The Morgan fingerprint density at radius 2 is 2.21 bits per heavy atom. The van der Waals surface area contributed by atoms with Gasteiger partial charge in [0.2, 0.25) is 10.1 Å². The number of fused-ring (bicyclic) bond motifs is 1. The third-order valence-electron chi connectivity index (χ3n) is 4.96. The maximum Gasteiger partial charge on any atom is 0.288 e. The normalized spacial score (nSPS) is 17.1. The molecule has 9 heteroatoms. The van der Waals surface area contributed by atoms with Gasteiger partial charge in [-0.15, -0.1) is 5.10 Å². The molecule has 3 heterocycles. The van der Waals surface area contributed by atoms with Gasteiger partial charge in [0.05, 0.1) is 0 Å². The first-order valence-electron chi connectivity index (χ1n) is 9.14. The second-order valence-electron chi connectivity index (χ2n) is 7.12. The Bertz CT molecular complexity index is 1110. The molecule has 0 radical (unpaired) electrons. The predicted molar refractivity (Wildman–Crippen MR) is 112 cm³/mol. The van der Waals surface area contributed by atoms with E-state index in [1.165, 1.54) is 28.5 Å². The quantitative estimate of drug-likeness (QED) is 0.704. The van der Waals surface area contributed by atoms with E-state index in [0.29, 0.717) is 21.6 Å². The van der Waals surface area contributed by atoms with Crippen molar-refractivity contribution in [2.24, 2.45) is 5.92 Å². The number of anilines is 2. The summed E-state index contributed by atoms with van der Waals surface area (Å²) in [4.78, 5) is 32.4. The van der Waals surface area contributed by atoms with Gasteiger partial charge in [0.15, 0.2) is 0 Å². The van der Waals surface area contributed by atoms with Crippen molar-refractivity contribution in [2.45, 2.75) is 26.7 Å². The van der Waals surface area contributed by atoms with Crippen LogP contribution in [0.5, 0.6) is 0 Å². The standard InChI is InChI=1S/C19H20ClN5O2S/c1-11-5-4-8-24(10-11)19-23-25-17(27)13(9-21-18(25)28-19)16(26)22-15-7-3-6-14(20)12(15)2/h3,6-7,9,11H,4-5,8,10H2,1-2H3,(H,22,26). The summed E-state index contributed by atoms with van der Waals surface area (Å²) in [5, 5.41) is 8.48. The topological polar surface area (TPSA) is 79.6 Å². The number of carbonyl (C=O) groups is 1. The zero-order valence-electron chi connectivity index (χ0n) is 15.6. The number of benzene rings is 1. The molecule has 3 aromatic rings. The Labute approximate surface area is 171 Å². The van der Waals surface area contributed by atoms with E-state index in [4.69, 9.17) is 11.6 Å². The summed E-state index contributed by atoms with van der Waals surface area (Å²) >= 11 is 7.46. The predicted octanol–water partition coefficient (Wildman–Crippen LogP) is 3.60. The lowest BCUT2D eigenvalue weighted by Crippen LogP contribution is -2.34. The van der Waals surface area contributed by atoms with Gasteiger partial charge in [0.25, 0.3) is 11.5 Å². The molecule has 0 saturated carbocycles. The van der Waals surface area contributed by atoms with Crippen molar-refractivity contribution in [3.63, 3.8) is 0 Å². The van der Waals surface area contributed by atoms with Gasteiger partial charge in [0, 0.05) is 30.0 Å². The van der Waals surface area contributed by atoms with Crippen LogP contribution in [0.1, 0.15) is 35.7 Å². The number of piperidine rings is 1. The Hall–Kier alpha value is -2.45. The van der Waals surface area contributed by atoms with Gasteiger partial charge in [-0.1, -0.05) is 35.9 Å². The van der Waals surface area contributed by atoms with E-state index in [1.54, 1.807) is 25.1 Å². The van der Waals surface area contributed by atoms with Crippen molar-refractivity contribution in [3.05, 3.63) is 50.9 Å². The van der Waals surface area contributed by atoms with Crippen LogP contribution >= 0.6 is 22.9 Å². The molecule has 1 atom stereocenters. The highest BCUT2D eigenvalue weighted by Crippen LogP contribution is 2.27. The molecule has 1 saturated heterocycles. The summed E-state index contributed by atoms with van der Waals surface area (Å²) < 4.78 is 1.22. The molecule has 1 aliphatic heterocycles. The van der Waals surface area contributed by atoms with Crippen molar-refractivity contribution in [3.8, 4) is 0 Å². The summed E-state index contributed by atoms with van der Waals surface area (Å²) in [6.45, 7) is 5.85. The molecular formula is C19H20ClN5O2S.